The first kappa shape index (κ1) is 19.2. The van der Waals surface area contributed by atoms with Gasteiger partial charge in [-0.2, -0.15) is 0 Å². The van der Waals surface area contributed by atoms with Crippen molar-refractivity contribution in [2.45, 2.75) is 52.7 Å². The second-order valence-corrected chi connectivity index (χ2v) is 5.49. The third-order valence-electron chi connectivity index (χ3n) is 2.45. The van der Waals surface area contributed by atoms with Crippen molar-refractivity contribution < 1.29 is 19.4 Å². The van der Waals surface area contributed by atoms with Gasteiger partial charge < -0.3 is 20.3 Å². The highest BCUT2D eigenvalue weighted by Crippen LogP contribution is 2.20. The summed E-state index contributed by atoms with van der Waals surface area (Å²) in [6, 6.07) is 1.86. The van der Waals surface area contributed by atoms with Gasteiger partial charge in [-0.25, -0.2) is 9.78 Å². The van der Waals surface area contributed by atoms with Crippen LogP contribution in [0.4, 0.5) is 4.79 Å². The zero-order chi connectivity index (χ0) is 16.6. The number of pyridine rings is 1. The molecule has 0 bridgehead atoms. The number of ether oxygens (including phenoxy) is 2. The normalized spacial score (nSPS) is 12.0. The summed E-state index contributed by atoms with van der Waals surface area (Å²) in [6.45, 7) is 9.07. The largest absolute Gasteiger partial charge is 0.481 e. The Morgan fingerprint density at radius 1 is 1.48 bits per heavy atom. The number of aliphatic hydroxyl groups excluding tert-OH is 1. The number of hydrogen-bond donors (Lipinski definition) is 2. The Bertz CT molecular complexity index is 453. The zero-order valence-electron chi connectivity index (χ0n) is 13.6. The van der Waals surface area contributed by atoms with Gasteiger partial charge in [-0.1, -0.05) is 6.92 Å². The minimum absolute atomic E-state index is 0.453. The molecule has 1 amide bonds. The topological polar surface area (TPSA) is 94.7 Å². The van der Waals surface area contributed by atoms with Crippen LogP contribution in [0.1, 0.15) is 51.8 Å². The number of carbonyl (C=O) groups excluding carboxylic acids is 1. The van der Waals surface area contributed by atoms with Crippen molar-refractivity contribution in [1.82, 2.24) is 4.98 Å². The number of primary amides is 1. The van der Waals surface area contributed by atoms with Crippen molar-refractivity contribution in [3.63, 3.8) is 0 Å². The maximum absolute atomic E-state index is 10.0. The van der Waals surface area contributed by atoms with Gasteiger partial charge in [0.25, 0.3) is 0 Å². The fraction of sp³-hybridized carbons (Fsp3) is 0.600. The number of hydrogen-bond acceptors (Lipinski definition) is 5. The van der Waals surface area contributed by atoms with E-state index >= 15 is 0 Å². The van der Waals surface area contributed by atoms with Crippen LogP contribution >= 0.6 is 0 Å². The molecule has 0 fully saturated rings. The lowest BCUT2D eigenvalue weighted by atomic mass is 10.0. The highest BCUT2D eigenvalue weighted by atomic mass is 16.6. The highest BCUT2D eigenvalue weighted by molar-refractivity contribution is 5.65. The summed E-state index contributed by atoms with van der Waals surface area (Å²) in [5.74, 6) is 0.598. The zero-order valence-corrected chi connectivity index (χ0v) is 13.6. The predicted molar refractivity (Wildman–Crippen MR) is 81.2 cm³/mol. The molecule has 0 radical (unpaired) electrons. The first-order chi connectivity index (χ1) is 9.60. The van der Waals surface area contributed by atoms with Crippen LogP contribution in [0.5, 0.6) is 5.88 Å². The Morgan fingerprint density at radius 3 is 2.33 bits per heavy atom. The summed E-state index contributed by atoms with van der Waals surface area (Å²) in [5, 5.41) is 9.42. The Labute approximate surface area is 126 Å². The van der Waals surface area contributed by atoms with Crippen LogP contribution in [0.2, 0.25) is 0 Å². The molecule has 0 saturated heterocycles. The summed E-state index contributed by atoms with van der Waals surface area (Å²) in [7, 11) is 1.59. The summed E-state index contributed by atoms with van der Waals surface area (Å²) in [5.41, 5.74) is 6.23. The molecular formula is C15H26N2O4. The lowest BCUT2D eigenvalue weighted by molar-refractivity contribution is 0.0600. The van der Waals surface area contributed by atoms with E-state index in [1.54, 1.807) is 41.0 Å². The van der Waals surface area contributed by atoms with Crippen molar-refractivity contribution >= 4 is 6.09 Å². The number of carbonyl (C=O) groups is 1. The number of aliphatic hydroxyl groups is 1. The Balaban J connectivity index is 0.000000433. The monoisotopic (exact) mass is 298 g/mol. The molecule has 0 aliphatic heterocycles. The number of amides is 1. The van der Waals surface area contributed by atoms with Crippen LogP contribution in [-0.4, -0.2) is 28.9 Å². The van der Waals surface area contributed by atoms with Crippen molar-refractivity contribution in [3.8, 4) is 5.88 Å². The van der Waals surface area contributed by atoms with Gasteiger partial charge >= 0.3 is 6.09 Å². The van der Waals surface area contributed by atoms with Crippen LogP contribution in [0.25, 0.3) is 0 Å². The fourth-order valence-corrected chi connectivity index (χ4v) is 1.58. The van der Waals surface area contributed by atoms with Crippen molar-refractivity contribution in [2.75, 3.05) is 7.11 Å². The molecule has 0 saturated carbocycles. The smallest absolute Gasteiger partial charge is 0.405 e. The summed E-state index contributed by atoms with van der Waals surface area (Å²) in [4.78, 5) is 14.1. The Kier molecular flexibility index (Phi) is 7.73. The van der Waals surface area contributed by atoms with E-state index in [0.29, 0.717) is 5.88 Å². The lowest BCUT2D eigenvalue weighted by Crippen LogP contribution is -2.27. The Hall–Kier alpha value is -1.82. The number of methoxy groups -OCH3 is 1. The molecule has 1 aromatic rings. The van der Waals surface area contributed by atoms with Gasteiger partial charge in [-0.15, -0.1) is 0 Å². The van der Waals surface area contributed by atoms with Gasteiger partial charge in [0.1, 0.15) is 5.60 Å². The first-order valence-corrected chi connectivity index (χ1v) is 6.80. The molecule has 1 unspecified atom stereocenters. The molecule has 120 valence electrons. The van der Waals surface area contributed by atoms with Crippen LogP contribution in [-0.2, 0) is 11.2 Å². The van der Waals surface area contributed by atoms with Crippen LogP contribution in [0.3, 0.4) is 0 Å². The van der Waals surface area contributed by atoms with E-state index in [1.165, 1.54) is 0 Å². The molecule has 21 heavy (non-hydrogen) atoms. The second kappa shape index (κ2) is 8.46. The average molecular weight is 298 g/mol. The van der Waals surface area contributed by atoms with Gasteiger partial charge in [0, 0.05) is 17.8 Å². The Morgan fingerprint density at radius 2 is 2.05 bits per heavy atom. The summed E-state index contributed by atoms with van der Waals surface area (Å²) >= 11 is 0. The average Bonchev–Trinajstić information content (AvgIpc) is 2.35. The van der Waals surface area contributed by atoms with E-state index in [1.807, 2.05) is 13.0 Å². The molecule has 1 aromatic heterocycles. The van der Waals surface area contributed by atoms with E-state index in [9.17, 15) is 9.90 Å². The number of rotatable bonds is 3. The lowest BCUT2D eigenvalue weighted by Gasteiger charge is -2.16. The number of nitrogens with two attached hydrogens (primary N) is 1. The molecule has 1 rings (SSSR count). The van der Waals surface area contributed by atoms with E-state index < -0.39 is 17.8 Å². The standard InChI is InChI=1S/C10H15NO2.C5H11NO2/c1-4-8-5-10(13-3)11-6-9(8)7(2)12;1-5(2,3)8-4(6)7/h5-7,12H,4H2,1-3H3;1-3H3,(H2,6,7). The number of aryl methyl sites for hydroxylation is 1. The van der Waals surface area contributed by atoms with Crippen molar-refractivity contribution in [2.24, 2.45) is 5.73 Å². The van der Waals surface area contributed by atoms with Crippen molar-refractivity contribution in [3.05, 3.63) is 23.4 Å². The SMILES string of the molecule is CC(C)(C)OC(N)=O.CCc1cc(OC)ncc1C(C)O. The van der Waals surface area contributed by atoms with E-state index in [0.717, 1.165) is 17.5 Å². The predicted octanol–water partition coefficient (Wildman–Crippen LogP) is 2.59. The number of aromatic nitrogens is 1. The van der Waals surface area contributed by atoms with Gasteiger partial charge in [0.15, 0.2) is 0 Å². The molecule has 1 atom stereocenters. The van der Waals surface area contributed by atoms with Gasteiger partial charge in [-0.05, 0) is 39.7 Å². The van der Waals surface area contributed by atoms with E-state index in [2.05, 4.69) is 9.72 Å². The molecule has 0 aromatic carbocycles. The van der Waals surface area contributed by atoms with Gasteiger partial charge in [-0.3, -0.25) is 0 Å². The third kappa shape index (κ3) is 8.14. The molecular weight excluding hydrogens is 272 g/mol. The molecule has 3 N–H and O–H groups in total. The highest BCUT2D eigenvalue weighted by Gasteiger charge is 2.12. The fourth-order valence-electron chi connectivity index (χ4n) is 1.58. The third-order valence-corrected chi connectivity index (χ3v) is 2.45. The second-order valence-electron chi connectivity index (χ2n) is 5.49. The van der Waals surface area contributed by atoms with Gasteiger partial charge in [0.2, 0.25) is 5.88 Å². The van der Waals surface area contributed by atoms with Crippen molar-refractivity contribution in [1.29, 1.82) is 0 Å². The first-order valence-electron chi connectivity index (χ1n) is 6.80. The van der Waals surface area contributed by atoms with E-state index in [-0.39, 0.29) is 0 Å². The molecule has 0 spiro atoms. The van der Waals surface area contributed by atoms with Crippen LogP contribution < -0.4 is 10.5 Å². The quantitative estimate of drug-likeness (QED) is 0.894. The molecule has 0 aliphatic rings. The molecule has 0 aliphatic carbocycles. The molecule has 6 nitrogen and oxygen atoms in total. The van der Waals surface area contributed by atoms with Crippen LogP contribution in [0, 0.1) is 0 Å². The van der Waals surface area contributed by atoms with Crippen LogP contribution in [0.15, 0.2) is 12.3 Å². The minimum atomic E-state index is -0.725. The summed E-state index contributed by atoms with van der Waals surface area (Å²) < 4.78 is 9.58. The number of nitrogens with zero attached hydrogens (tertiary/aromatic N) is 1. The molecule has 6 heteroatoms. The van der Waals surface area contributed by atoms with Gasteiger partial charge in [0.05, 0.1) is 13.2 Å². The molecule has 1 heterocycles. The van der Waals surface area contributed by atoms with E-state index in [4.69, 9.17) is 10.5 Å². The maximum Gasteiger partial charge on any atom is 0.405 e. The maximum atomic E-state index is 10.0. The minimum Gasteiger partial charge on any atom is -0.481 e. The summed E-state index contributed by atoms with van der Waals surface area (Å²) in [6.07, 6.45) is 1.35.